The molecular formula is C22H20ClFN2O4S. The van der Waals surface area contributed by atoms with Crippen LogP contribution in [0.1, 0.15) is 15.9 Å². The zero-order chi connectivity index (χ0) is 22.4. The van der Waals surface area contributed by atoms with Crippen molar-refractivity contribution in [2.75, 3.05) is 18.4 Å². The number of anilines is 1. The van der Waals surface area contributed by atoms with Gasteiger partial charge in [0, 0.05) is 17.8 Å². The van der Waals surface area contributed by atoms with Crippen LogP contribution in [-0.2, 0) is 16.4 Å². The monoisotopic (exact) mass is 462 g/mol. The van der Waals surface area contributed by atoms with Gasteiger partial charge in [-0.25, -0.2) is 12.8 Å². The summed E-state index contributed by atoms with van der Waals surface area (Å²) in [7, 11) is -2.52. The van der Waals surface area contributed by atoms with Crippen molar-refractivity contribution in [1.29, 1.82) is 0 Å². The van der Waals surface area contributed by atoms with Crippen LogP contribution in [0.4, 0.5) is 10.1 Å². The number of ether oxygens (including phenoxy) is 1. The Morgan fingerprint density at radius 1 is 1.06 bits per heavy atom. The average Bonchev–Trinajstić information content (AvgIpc) is 2.74. The Kier molecular flexibility index (Phi) is 7.14. The third-order valence-electron chi connectivity index (χ3n) is 4.41. The topological polar surface area (TPSA) is 84.5 Å². The van der Waals surface area contributed by atoms with Crippen molar-refractivity contribution < 1.29 is 22.3 Å². The molecule has 0 aliphatic rings. The van der Waals surface area contributed by atoms with E-state index in [0.717, 1.165) is 5.56 Å². The molecule has 3 rings (SSSR count). The molecule has 3 aromatic carbocycles. The molecule has 0 atom stereocenters. The summed E-state index contributed by atoms with van der Waals surface area (Å²) < 4.78 is 46.3. The van der Waals surface area contributed by atoms with E-state index in [1.54, 1.807) is 36.4 Å². The van der Waals surface area contributed by atoms with E-state index in [1.165, 1.54) is 37.4 Å². The standard InChI is InChI=1S/C22H20ClFN2O4S/c1-30-19-8-6-18(7-9-19)26-31(28,29)21-14-16(5-10-20(21)23)22(27)25-12-11-15-3-2-4-17(24)13-15/h2-10,13-14,26H,11-12H2,1H3,(H,25,27). The molecular weight excluding hydrogens is 443 g/mol. The van der Waals surface area contributed by atoms with E-state index < -0.39 is 15.9 Å². The first kappa shape index (κ1) is 22.6. The molecule has 0 aliphatic carbocycles. The van der Waals surface area contributed by atoms with Gasteiger partial charge in [0.1, 0.15) is 16.5 Å². The summed E-state index contributed by atoms with van der Waals surface area (Å²) >= 11 is 6.09. The largest absolute Gasteiger partial charge is 0.497 e. The number of rotatable bonds is 8. The maximum Gasteiger partial charge on any atom is 0.263 e. The van der Waals surface area contributed by atoms with Crippen molar-refractivity contribution in [3.63, 3.8) is 0 Å². The highest BCUT2D eigenvalue weighted by Gasteiger charge is 2.20. The molecule has 0 spiro atoms. The molecule has 31 heavy (non-hydrogen) atoms. The van der Waals surface area contributed by atoms with E-state index in [2.05, 4.69) is 10.0 Å². The first-order valence-electron chi connectivity index (χ1n) is 9.27. The van der Waals surface area contributed by atoms with E-state index in [0.29, 0.717) is 17.9 Å². The first-order valence-corrected chi connectivity index (χ1v) is 11.1. The highest BCUT2D eigenvalue weighted by Crippen LogP contribution is 2.26. The lowest BCUT2D eigenvalue weighted by Gasteiger charge is -2.12. The Morgan fingerprint density at radius 2 is 1.81 bits per heavy atom. The number of amides is 1. The third-order valence-corrected chi connectivity index (χ3v) is 6.28. The van der Waals surface area contributed by atoms with Crippen LogP contribution in [0.15, 0.2) is 71.6 Å². The smallest absolute Gasteiger partial charge is 0.263 e. The summed E-state index contributed by atoms with van der Waals surface area (Å²) in [5, 5.41) is 2.68. The van der Waals surface area contributed by atoms with Gasteiger partial charge in [0.25, 0.3) is 15.9 Å². The van der Waals surface area contributed by atoms with Gasteiger partial charge in [-0.2, -0.15) is 0 Å². The molecule has 0 saturated heterocycles. The van der Waals surface area contributed by atoms with Crippen molar-refractivity contribution >= 4 is 33.2 Å². The number of hydrogen-bond donors (Lipinski definition) is 2. The van der Waals surface area contributed by atoms with E-state index >= 15 is 0 Å². The third kappa shape index (κ3) is 5.96. The van der Waals surface area contributed by atoms with Crippen molar-refractivity contribution in [1.82, 2.24) is 5.32 Å². The molecule has 1 amide bonds. The fourth-order valence-corrected chi connectivity index (χ4v) is 4.42. The lowest BCUT2D eigenvalue weighted by atomic mass is 10.1. The zero-order valence-corrected chi connectivity index (χ0v) is 18.1. The normalized spacial score (nSPS) is 11.1. The minimum atomic E-state index is -4.03. The number of benzene rings is 3. The molecule has 9 heteroatoms. The number of carbonyl (C=O) groups excluding carboxylic acids is 1. The van der Waals surface area contributed by atoms with Crippen LogP contribution in [-0.4, -0.2) is 28.0 Å². The quantitative estimate of drug-likeness (QED) is 0.524. The molecule has 3 aromatic rings. The van der Waals surface area contributed by atoms with Gasteiger partial charge in [-0.05, 0) is 66.6 Å². The molecule has 0 aliphatic heterocycles. The Bertz CT molecular complexity index is 1180. The lowest BCUT2D eigenvalue weighted by Crippen LogP contribution is -2.26. The Labute approximate surface area is 185 Å². The minimum Gasteiger partial charge on any atom is -0.497 e. The molecule has 0 saturated carbocycles. The van der Waals surface area contributed by atoms with Gasteiger partial charge in [-0.3, -0.25) is 9.52 Å². The predicted octanol–water partition coefficient (Wildman–Crippen LogP) is 4.26. The van der Waals surface area contributed by atoms with Gasteiger partial charge in [-0.15, -0.1) is 0 Å². The summed E-state index contributed by atoms with van der Waals surface area (Å²) in [6.45, 7) is 0.261. The summed E-state index contributed by atoms with van der Waals surface area (Å²) in [4.78, 5) is 12.2. The maximum absolute atomic E-state index is 13.2. The van der Waals surface area contributed by atoms with Crippen molar-refractivity contribution in [2.24, 2.45) is 0 Å². The zero-order valence-electron chi connectivity index (χ0n) is 16.6. The maximum atomic E-state index is 13.2. The molecule has 0 heterocycles. The molecule has 0 fully saturated rings. The number of halogens is 2. The average molecular weight is 463 g/mol. The highest BCUT2D eigenvalue weighted by atomic mass is 35.5. The summed E-state index contributed by atoms with van der Waals surface area (Å²) in [6.07, 6.45) is 0.432. The van der Waals surface area contributed by atoms with Gasteiger partial charge in [0.2, 0.25) is 0 Å². The molecule has 6 nitrogen and oxygen atoms in total. The summed E-state index contributed by atoms with van der Waals surface area (Å²) in [5.74, 6) is -0.229. The van der Waals surface area contributed by atoms with E-state index in [4.69, 9.17) is 16.3 Å². The highest BCUT2D eigenvalue weighted by molar-refractivity contribution is 7.92. The van der Waals surface area contributed by atoms with Gasteiger partial charge in [0.05, 0.1) is 12.1 Å². The summed E-state index contributed by atoms with van der Waals surface area (Å²) in [5.41, 5.74) is 1.20. The van der Waals surface area contributed by atoms with Gasteiger partial charge < -0.3 is 10.1 Å². The second kappa shape index (κ2) is 9.80. The molecule has 2 N–H and O–H groups in total. The Hall–Kier alpha value is -3.10. The predicted molar refractivity (Wildman–Crippen MR) is 118 cm³/mol. The lowest BCUT2D eigenvalue weighted by molar-refractivity contribution is 0.0954. The van der Waals surface area contributed by atoms with Crippen LogP contribution >= 0.6 is 11.6 Å². The minimum absolute atomic E-state index is 0.0164. The fraction of sp³-hybridized carbons (Fsp3) is 0.136. The SMILES string of the molecule is COc1ccc(NS(=O)(=O)c2cc(C(=O)NCCc3cccc(F)c3)ccc2Cl)cc1. The number of sulfonamides is 1. The van der Waals surface area contributed by atoms with Crippen LogP contribution in [0, 0.1) is 5.82 Å². The van der Waals surface area contributed by atoms with Crippen LogP contribution < -0.4 is 14.8 Å². The van der Waals surface area contributed by atoms with Crippen LogP contribution in [0.5, 0.6) is 5.75 Å². The van der Waals surface area contributed by atoms with Crippen molar-refractivity contribution in [2.45, 2.75) is 11.3 Å². The van der Waals surface area contributed by atoms with E-state index in [1.807, 2.05) is 0 Å². The number of methoxy groups -OCH3 is 1. The Morgan fingerprint density at radius 3 is 2.48 bits per heavy atom. The number of carbonyl (C=O) groups is 1. The molecule has 0 unspecified atom stereocenters. The second-order valence-electron chi connectivity index (χ2n) is 6.62. The van der Waals surface area contributed by atoms with Crippen molar-refractivity contribution in [3.8, 4) is 5.75 Å². The van der Waals surface area contributed by atoms with Crippen molar-refractivity contribution in [3.05, 3.63) is 88.7 Å². The van der Waals surface area contributed by atoms with Crippen LogP contribution in [0.25, 0.3) is 0 Å². The van der Waals surface area contributed by atoms with E-state index in [9.17, 15) is 17.6 Å². The molecule has 0 radical (unpaired) electrons. The Balaban J connectivity index is 1.71. The molecule has 0 aromatic heterocycles. The van der Waals surface area contributed by atoms with Gasteiger partial charge in [-0.1, -0.05) is 23.7 Å². The molecule has 0 bridgehead atoms. The van der Waals surface area contributed by atoms with Gasteiger partial charge in [0.15, 0.2) is 0 Å². The van der Waals surface area contributed by atoms with Gasteiger partial charge >= 0.3 is 0 Å². The number of hydrogen-bond acceptors (Lipinski definition) is 4. The van der Waals surface area contributed by atoms with Crippen LogP contribution in [0.2, 0.25) is 5.02 Å². The second-order valence-corrected chi connectivity index (χ2v) is 8.67. The fourth-order valence-electron chi connectivity index (χ4n) is 2.83. The van der Waals surface area contributed by atoms with E-state index in [-0.39, 0.29) is 27.8 Å². The number of nitrogens with one attached hydrogen (secondary N) is 2. The summed E-state index contributed by atoms with van der Waals surface area (Å²) in [6, 6.07) is 16.4. The molecule has 162 valence electrons. The first-order chi connectivity index (χ1) is 14.8. The van der Waals surface area contributed by atoms with Crippen LogP contribution in [0.3, 0.4) is 0 Å².